The van der Waals surface area contributed by atoms with E-state index in [-0.39, 0.29) is 18.4 Å². The van der Waals surface area contributed by atoms with Gasteiger partial charge in [0.15, 0.2) is 11.5 Å². The summed E-state index contributed by atoms with van der Waals surface area (Å²) >= 11 is 0. The van der Waals surface area contributed by atoms with E-state index in [4.69, 9.17) is 10.8 Å². The number of rotatable bonds is 2. The number of fused-ring (bicyclic) bond motifs is 1. The smallest absolute Gasteiger partial charge is 0.183 e. The summed E-state index contributed by atoms with van der Waals surface area (Å²) in [5.74, 6) is 0.895. The van der Waals surface area contributed by atoms with Crippen molar-refractivity contribution in [3.8, 4) is 0 Å². The van der Waals surface area contributed by atoms with E-state index in [0.29, 0.717) is 35.6 Å². The second-order valence-corrected chi connectivity index (χ2v) is 4.75. The first-order valence-corrected chi connectivity index (χ1v) is 5.94. The molecule has 5 N–H and O–H groups in total. The molecule has 0 aliphatic heterocycles. The Morgan fingerprint density at radius 2 is 2.22 bits per heavy atom. The quantitative estimate of drug-likeness (QED) is 0.584. The van der Waals surface area contributed by atoms with Gasteiger partial charge in [-0.25, -0.2) is 15.0 Å². The standard InChI is InChI=1S/C11H15N5O2/c12-9-8-11(14-4-13-8)16-10(15-9)5-1-6(3-17)7(18)2-5/h4-7,17-18H,1-3H2,(H3,12,13,14,15,16)/t5-,6-,7+/m1/s1. The summed E-state index contributed by atoms with van der Waals surface area (Å²) in [6.45, 7) is -0.0161. The predicted molar refractivity (Wildman–Crippen MR) is 64.7 cm³/mol. The van der Waals surface area contributed by atoms with Gasteiger partial charge in [-0.1, -0.05) is 0 Å². The van der Waals surface area contributed by atoms with Gasteiger partial charge in [0.2, 0.25) is 0 Å². The highest BCUT2D eigenvalue weighted by molar-refractivity contribution is 5.80. The van der Waals surface area contributed by atoms with Crippen molar-refractivity contribution in [3.63, 3.8) is 0 Å². The molecule has 96 valence electrons. The number of aromatic amines is 1. The van der Waals surface area contributed by atoms with E-state index in [2.05, 4.69) is 19.9 Å². The minimum absolute atomic E-state index is 0.0161. The van der Waals surface area contributed by atoms with Gasteiger partial charge in [0.1, 0.15) is 11.3 Å². The van der Waals surface area contributed by atoms with E-state index >= 15 is 0 Å². The van der Waals surface area contributed by atoms with E-state index in [9.17, 15) is 5.11 Å². The lowest BCUT2D eigenvalue weighted by molar-refractivity contribution is 0.0907. The van der Waals surface area contributed by atoms with Crippen LogP contribution in [0.3, 0.4) is 0 Å². The fourth-order valence-corrected chi connectivity index (χ4v) is 2.57. The molecule has 1 aliphatic carbocycles. The van der Waals surface area contributed by atoms with Gasteiger partial charge >= 0.3 is 0 Å². The molecule has 18 heavy (non-hydrogen) atoms. The lowest BCUT2D eigenvalue weighted by Gasteiger charge is -2.09. The van der Waals surface area contributed by atoms with Crippen LogP contribution in [0.5, 0.6) is 0 Å². The van der Waals surface area contributed by atoms with Crippen LogP contribution in [0, 0.1) is 5.92 Å². The van der Waals surface area contributed by atoms with Crippen molar-refractivity contribution in [3.05, 3.63) is 12.2 Å². The monoisotopic (exact) mass is 249 g/mol. The van der Waals surface area contributed by atoms with Crippen LogP contribution < -0.4 is 5.73 Å². The molecule has 7 nitrogen and oxygen atoms in total. The van der Waals surface area contributed by atoms with Crippen molar-refractivity contribution in [1.82, 2.24) is 19.9 Å². The van der Waals surface area contributed by atoms with Crippen molar-refractivity contribution in [2.45, 2.75) is 24.9 Å². The number of imidazole rings is 1. The van der Waals surface area contributed by atoms with Crippen LogP contribution in [0.2, 0.25) is 0 Å². The molecule has 1 fully saturated rings. The maximum atomic E-state index is 9.79. The zero-order chi connectivity index (χ0) is 12.7. The van der Waals surface area contributed by atoms with Gasteiger partial charge < -0.3 is 20.9 Å². The number of aliphatic hydroxyl groups is 2. The van der Waals surface area contributed by atoms with Gasteiger partial charge in [-0.15, -0.1) is 0 Å². The molecule has 7 heteroatoms. The van der Waals surface area contributed by atoms with Gasteiger partial charge in [-0.05, 0) is 12.8 Å². The minimum atomic E-state index is -0.500. The van der Waals surface area contributed by atoms with E-state index in [1.165, 1.54) is 6.33 Å². The van der Waals surface area contributed by atoms with Crippen molar-refractivity contribution in [1.29, 1.82) is 0 Å². The number of nitrogens with zero attached hydrogens (tertiary/aromatic N) is 3. The molecule has 3 rings (SSSR count). The molecular weight excluding hydrogens is 234 g/mol. The largest absolute Gasteiger partial charge is 0.396 e. The molecule has 0 radical (unpaired) electrons. The lowest BCUT2D eigenvalue weighted by atomic mass is 10.0. The molecular formula is C11H15N5O2. The first kappa shape index (κ1) is 11.4. The number of nitrogens with two attached hydrogens (primary N) is 1. The van der Waals surface area contributed by atoms with Crippen LogP contribution in [0.4, 0.5) is 5.82 Å². The van der Waals surface area contributed by atoms with Gasteiger partial charge in [-0.2, -0.15) is 0 Å². The molecule has 0 aromatic carbocycles. The molecule has 2 aromatic rings. The number of aromatic nitrogens is 4. The number of H-pyrrole nitrogens is 1. The Labute approximate surface area is 103 Å². The Kier molecular flexibility index (Phi) is 2.64. The normalized spacial score (nSPS) is 28.0. The van der Waals surface area contributed by atoms with Crippen LogP contribution in [0.15, 0.2) is 6.33 Å². The molecule has 0 bridgehead atoms. The summed E-state index contributed by atoms with van der Waals surface area (Å²) in [5, 5.41) is 18.9. The molecule has 1 saturated carbocycles. The predicted octanol–water partition coefficient (Wildman–Crippen LogP) is -0.218. The fraction of sp³-hybridized carbons (Fsp3) is 0.545. The average Bonchev–Trinajstić information content (AvgIpc) is 2.95. The lowest BCUT2D eigenvalue weighted by Crippen LogP contribution is -2.16. The zero-order valence-corrected chi connectivity index (χ0v) is 9.74. The van der Waals surface area contributed by atoms with Gasteiger partial charge in [-0.3, -0.25) is 0 Å². The third kappa shape index (κ3) is 1.72. The summed E-state index contributed by atoms with van der Waals surface area (Å²) in [4.78, 5) is 15.6. The topological polar surface area (TPSA) is 121 Å². The maximum Gasteiger partial charge on any atom is 0.183 e. The summed E-state index contributed by atoms with van der Waals surface area (Å²) in [6.07, 6.45) is 2.26. The third-order valence-electron chi connectivity index (χ3n) is 3.59. The van der Waals surface area contributed by atoms with Crippen LogP contribution >= 0.6 is 0 Å². The van der Waals surface area contributed by atoms with Crippen molar-refractivity contribution >= 4 is 17.0 Å². The highest BCUT2D eigenvalue weighted by Crippen LogP contribution is 2.37. The van der Waals surface area contributed by atoms with Crippen molar-refractivity contribution in [2.75, 3.05) is 12.3 Å². The van der Waals surface area contributed by atoms with E-state index in [1.807, 2.05) is 0 Å². The number of nitrogen functional groups attached to an aromatic ring is 1. The van der Waals surface area contributed by atoms with Crippen molar-refractivity contribution in [2.24, 2.45) is 5.92 Å². The average molecular weight is 249 g/mol. The van der Waals surface area contributed by atoms with Gasteiger partial charge in [0, 0.05) is 18.4 Å². The molecule has 1 aliphatic rings. The molecule has 2 heterocycles. The fourth-order valence-electron chi connectivity index (χ4n) is 2.57. The third-order valence-corrected chi connectivity index (χ3v) is 3.59. The first-order valence-electron chi connectivity index (χ1n) is 5.94. The highest BCUT2D eigenvalue weighted by Gasteiger charge is 2.35. The molecule has 2 aromatic heterocycles. The minimum Gasteiger partial charge on any atom is -0.396 e. The van der Waals surface area contributed by atoms with Crippen LogP contribution in [-0.2, 0) is 0 Å². The molecule has 3 atom stereocenters. The van der Waals surface area contributed by atoms with Crippen molar-refractivity contribution < 1.29 is 10.2 Å². The Hall–Kier alpha value is -1.73. The summed E-state index contributed by atoms with van der Waals surface area (Å²) in [7, 11) is 0. The molecule has 0 spiro atoms. The Balaban J connectivity index is 1.95. The number of hydrogen-bond acceptors (Lipinski definition) is 6. The van der Waals surface area contributed by atoms with Crippen LogP contribution in [0.25, 0.3) is 11.2 Å². The van der Waals surface area contributed by atoms with Gasteiger partial charge in [0.25, 0.3) is 0 Å². The molecule has 0 amide bonds. The Morgan fingerprint density at radius 3 is 2.94 bits per heavy atom. The highest BCUT2D eigenvalue weighted by atomic mass is 16.3. The van der Waals surface area contributed by atoms with E-state index < -0.39 is 6.10 Å². The molecule has 0 saturated heterocycles. The molecule has 0 unspecified atom stereocenters. The van der Waals surface area contributed by atoms with Crippen LogP contribution in [0.1, 0.15) is 24.6 Å². The maximum absolute atomic E-state index is 9.79. The SMILES string of the molecule is Nc1nc([C@@H]2C[C@H](CO)[C@@H](O)C2)nc2nc[nH]c12. The second-order valence-electron chi connectivity index (χ2n) is 4.75. The Morgan fingerprint density at radius 1 is 1.39 bits per heavy atom. The second kappa shape index (κ2) is 4.18. The number of nitrogens with one attached hydrogen (secondary N) is 1. The first-order chi connectivity index (χ1) is 8.69. The van der Waals surface area contributed by atoms with Gasteiger partial charge in [0.05, 0.1) is 12.4 Å². The summed E-state index contributed by atoms with van der Waals surface area (Å²) < 4.78 is 0. The summed E-state index contributed by atoms with van der Waals surface area (Å²) in [6, 6.07) is 0. The van der Waals surface area contributed by atoms with E-state index in [0.717, 1.165) is 0 Å². The Bertz CT molecular complexity index is 570. The number of hydrogen-bond donors (Lipinski definition) is 4. The zero-order valence-electron chi connectivity index (χ0n) is 9.74. The van der Waals surface area contributed by atoms with E-state index in [1.54, 1.807) is 0 Å². The number of aliphatic hydroxyl groups excluding tert-OH is 2. The summed E-state index contributed by atoms with van der Waals surface area (Å²) in [5.41, 5.74) is 7.01. The number of anilines is 1. The van der Waals surface area contributed by atoms with Crippen LogP contribution in [-0.4, -0.2) is 42.9 Å².